The van der Waals surface area contributed by atoms with E-state index in [9.17, 15) is 13.8 Å². The van der Waals surface area contributed by atoms with Gasteiger partial charge in [0.1, 0.15) is 5.25 Å². The first-order valence-electron chi connectivity index (χ1n) is 7.67. The molecule has 1 aromatic rings. The average molecular weight is 338 g/mol. The highest BCUT2D eigenvalue weighted by atomic mass is 32.2. The number of aryl methyl sites for hydroxylation is 2. The number of hydrogen-bond donors (Lipinski definition) is 1. The first-order valence-corrected chi connectivity index (χ1v) is 9.06. The van der Waals surface area contributed by atoms with Crippen LogP contribution in [0.15, 0.2) is 18.2 Å². The molecule has 0 heterocycles. The van der Waals surface area contributed by atoms with Crippen LogP contribution in [0, 0.1) is 13.8 Å². The molecular weight excluding hydrogens is 312 g/mol. The van der Waals surface area contributed by atoms with Crippen molar-refractivity contribution in [3.8, 4) is 0 Å². The number of nitrogens with one attached hydrogen (secondary N) is 1. The monoisotopic (exact) mass is 338 g/mol. The van der Waals surface area contributed by atoms with Gasteiger partial charge in [-0.25, -0.2) is 0 Å². The van der Waals surface area contributed by atoms with E-state index in [2.05, 4.69) is 5.32 Å². The Hall–Kier alpha value is -1.69. The van der Waals surface area contributed by atoms with Crippen LogP contribution in [0.1, 0.15) is 30.9 Å². The van der Waals surface area contributed by atoms with Crippen molar-refractivity contribution in [3.63, 3.8) is 0 Å². The Bertz CT molecular complexity index is 600. The summed E-state index contributed by atoms with van der Waals surface area (Å²) in [6, 6.07) is 5.68. The molecule has 5 nitrogen and oxygen atoms in total. The van der Waals surface area contributed by atoms with Crippen molar-refractivity contribution >= 4 is 28.3 Å². The number of carbonyl (C=O) groups excluding carboxylic acids is 2. The van der Waals surface area contributed by atoms with Gasteiger partial charge in [0, 0.05) is 42.8 Å². The highest BCUT2D eigenvalue weighted by molar-refractivity contribution is 7.86. The quantitative estimate of drug-likeness (QED) is 0.829. The Morgan fingerprint density at radius 2 is 1.87 bits per heavy atom. The summed E-state index contributed by atoms with van der Waals surface area (Å²) in [6.45, 7) is 5.64. The van der Waals surface area contributed by atoms with Gasteiger partial charge in [-0.15, -0.1) is 0 Å². The highest BCUT2D eigenvalue weighted by Gasteiger charge is 2.20. The Balaban J connectivity index is 2.50. The van der Waals surface area contributed by atoms with E-state index < -0.39 is 16.0 Å². The van der Waals surface area contributed by atoms with Crippen molar-refractivity contribution in [1.82, 2.24) is 4.90 Å². The molecule has 1 aromatic carbocycles. The predicted octanol–water partition coefficient (Wildman–Crippen LogP) is 2.25. The molecule has 128 valence electrons. The van der Waals surface area contributed by atoms with Crippen LogP contribution in [0.4, 0.5) is 5.69 Å². The standard InChI is InChI=1S/C17H26N2O3S/c1-12-8-9-15(11-13(12)2)18-17(21)14(3)23(22)10-6-7-16(20)19(4)5/h8-9,11,14H,6-7,10H2,1-5H3,(H,18,21)/t14-,23+/m0/s1. The number of amides is 2. The van der Waals surface area contributed by atoms with E-state index >= 15 is 0 Å². The largest absolute Gasteiger partial charge is 0.349 e. The molecular formula is C17H26N2O3S. The van der Waals surface area contributed by atoms with Crippen LogP contribution < -0.4 is 5.32 Å². The van der Waals surface area contributed by atoms with Crippen molar-refractivity contribution in [2.75, 3.05) is 25.2 Å². The van der Waals surface area contributed by atoms with E-state index in [0.29, 0.717) is 24.3 Å². The molecule has 0 unspecified atom stereocenters. The van der Waals surface area contributed by atoms with Crippen molar-refractivity contribution in [1.29, 1.82) is 0 Å². The zero-order valence-electron chi connectivity index (χ0n) is 14.5. The minimum atomic E-state index is -1.29. The van der Waals surface area contributed by atoms with Crippen molar-refractivity contribution in [3.05, 3.63) is 29.3 Å². The Morgan fingerprint density at radius 3 is 2.43 bits per heavy atom. The van der Waals surface area contributed by atoms with Crippen LogP contribution in [-0.4, -0.2) is 46.0 Å². The maximum Gasteiger partial charge on any atom is 0.239 e. The summed E-state index contributed by atoms with van der Waals surface area (Å²) in [4.78, 5) is 25.2. The number of anilines is 1. The average Bonchev–Trinajstić information content (AvgIpc) is 2.49. The Kier molecular flexibility index (Phi) is 7.42. The second-order valence-corrected chi connectivity index (χ2v) is 7.78. The summed E-state index contributed by atoms with van der Waals surface area (Å²) < 4.78 is 12.2. The van der Waals surface area contributed by atoms with E-state index in [1.54, 1.807) is 21.0 Å². The maximum absolute atomic E-state index is 12.2. The lowest BCUT2D eigenvalue weighted by Crippen LogP contribution is -2.30. The topological polar surface area (TPSA) is 66.5 Å². The van der Waals surface area contributed by atoms with Gasteiger partial charge in [-0.3, -0.25) is 13.8 Å². The maximum atomic E-state index is 12.2. The number of carbonyl (C=O) groups is 2. The molecule has 2 amide bonds. The molecule has 0 saturated carbocycles. The summed E-state index contributed by atoms with van der Waals surface area (Å²) in [5.41, 5.74) is 2.97. The molecule has 0 aromatic heterocycles. The third kappa shape index (κ3) is 6.14. The molecule has 23 heavy (non-hydrogen) atoms. The molecule has 0 radical (unpaired) electrons. The smallest absolute Gasteiger partial charge is 0.239 e. The second-order valence-electron chi connectivity index (χ2n) is 5.91. The summed E-state index contributed by atoms with van der Waals surface area (Å²) in [6.07, 6.45) is 0.870. The fraction of sp³-hybridized carbons (Fsp3) is 0.529. The van der Waals surface area contributed by atoms with Gasteiger partial charge in [-0.05, 0) is 50.5 Å². The van der Waals surface area contributed by atoms with Gasteiger partial charge in [-0.2, -0.15) is 0 Å². The molecule has 0 spiro atoms. The second kappa shape index (κ2) is 8.82. The summed E-state index contributed by atoms with van der Waals surface area (Å²) in [5.74, 6) is 0.0981. The lowest BCUT2D eigenvalue weighted by Gasteiger charge is -2.14. The Morgan fingerprint density at radius 1 is 1.22 bits per heavy atom. The van der Waals surface area contributed by atoms with Gasteiger partial charge in [0.2, 0.25) is 11.8 Å². The van der Waals surface area contributed by atoms with Crippen LogP contribution in [-0.2, 0) is 20.4 Å². The summed E-state index contributed by atoms with van der Waals surface area (Å²) >= 11 is 0. The molecule has 0 bridgehead atoms. The molecule has 0 aliphatic heterocycles. The van der Waals surface area contributed by atoms with Crippen LogP contribution in [0.3, 0.4) is 0 Å². The van der Waals surface area contributed by atoms with Crippen molar-refractivity contribution in [2.24, 2.45) is 0 Å². The molecule has 1 N–H and O–H groups in total. The normalized spacial score (nSPS) is 13.3. The van der Waals surface area contributed by atoms with E-state index in [1.165, 1.54) is 4.90 Å². The lowest BCUT2D eigenvalue weighted by atomic mass is 10.1. The van der Waals surface area contributed by atoms with Gasteiger partial charge in [0.15, 0.2) is 0 Å². The van der Waals surface area contributed by atoms with Gasteiger partial charge < -0.3 is 10.2 Å². The molecule has 2 atom stereocenters. The minimum absolute atomic E-state index is 0.00855. The van der Waals surface area contributed by atoms with Gasteiger partial charge >= 0.3 is 0 Å². The third-order valence-electron chi connectivity index (χ3n) is 3.77. The summed E-state index contributed by atoms with van der Waals surface area (Å²) in [7, 11) is 2.10. The zero-order valence-corrected chi connectivity index (χ0v) is 15.3. The van der Waals surface area contributed by atoms with Crippen LogP contribution in [0.25, 0.3) is 0 Å². The fourth-order valence-corrected chi connectivity index (χ4v) is 3.03. The van der Waals surface area contributed by atoms with Crippen LogP contribution >= 0.6 is 0 Å². The third-order valence-corrected chi connectivity index (χ3v) is 5.47. The van der Waals surface area contributed by atoms with Crippen molar-refractivity contribution in [2.45, 2.75) is 38.9 Å². The van der Waals surface area contributed by atoms with Crippen LogP contribution in [0.5, 0.6) is 0 Å². The van der Waals surface area contributed by atoms with E-state index in [0.717, 1.165) is 11.1 Å². The van der Waals surface area contributed by atoms with Gasteiger partial charge in [0.05, 0.1) is 0 Å². The lowest BCUT2D eigenvalue weighted by molar-refractivity contribution is -0.128. The number of benzene rings is 1. The van der Waals surface area contributed by atoms with E-state index in [-0.39, 0.29) is 11.8 Å². The molecule has 0 saturated heterocycles. The van der Waals surface area contributed by atoms with Crippen molar-refractivity contribution < 1.29 is 13.8 Å². The summed E-state index contributed by atoms with van der Waals surface area (Å²) in [5, 5.41) is 2.20. The minimum Gasteiger partial charge on any atom is -0.349 e. The molecule has 6 heteroatoms. The SMILES string of the molecule is Cc1ccc(NC(=O)[C@H](C)[S@](=O)CCCC(=O)N(C)C)cc1C. The molecule has 0 aliphatic carbocycles. The van der Waals surface area contributed by atoms with Gasteiger partial charge in [0.25, 0.3) is 0 Å². The highest BCUT2D eigenvalue weighted by Crippen LogP contribution is 2.15. The Labute approximate surface area is 140 Å². The zero-order chi connectivity index (χ0) is 17.6. The number of hydrogen-bond acceptors (Lipinski definition) is 3. The molecule has 1 rings (SSSR count). The van der Waals surface area contributed by atoms with E-state index in [1.807, 2.05) is 32.0 Å². The van der Waals surface area contributed by atoms with E-state index in [4.69, 9.17) is 0 Å². The first-order chi connectivity index (χ1) is 10.7. The predicted molar refractivity (Wildman–Crippen MR) is 94.9 cm³/mol. The number of nitrogens with zero attached hydrogens (tertiary/aromatic N) is 1. The first kappa shape index (κ1) is 19.4. The van der Waals surface area contributed by atoms with Gasteiger partial charge in [-0.1, -0.05) is 6.07 Å². The van der Waals surface area contributed by atoms with Crippen LogP contribution in [0.2, 0.25) is 0 Å². The fourth-order valence-electron chi connectivity index (χ4n) is 1.95. The molecule has 0 aliphatic rings. The molecule has 0 fully saturated rings. The number of rotatable bonds is 7.